The molecule has 3 N–H and O–H groups in total. The topological polar surface area (TPSA) is 99.3 Å². The Labute approximate surface area is 173 Å². The van der Waals surface area contributed by atoms with E-state index < -0.39 is 0 Å². The zero-order chi connectivity index (χ0) is 20.2. The predicted octanol–water partition coefficient (Wildman–Crippen LogP) is 4.92. The average molecular weight is 402 g/mol. The lowest BCUT2D eigenvalue weighted by atomic mass is 9.92. The van der Waals surface area contributed by atoms with E-state index >= 15 is 0 Å². The Hall–Kier alpha value is -3.32. The maximum Gasteiger partial charge on any atom is 0.250 e. The van der Waals surface area contributed by atoms with Crippen LogP contribution in [-0.2, 0) is 0 Å². The van der Waals surface area contributed by atoms with E-state index in [2.05, 4.69) is 14.8 Å². The van der Waals surface area contributed by atoms with Crippen LogP contribution in [0.5, 0.6) is 11.5 Å². The van der Waals surface area contributed by atoms with Crippen LogP contribution in [0.25, 0.3) is 33.6 Å². The molecule has 7 heteroatoms. The van der Waals surface area contributed by atoms with Crippen LogP contribution < -0.4 is 10.7 Å². The van der Waals surface area contributed by atoms with Crippen LogP contribution in [-0.4, -0.2) is 19.9 Å². The number of fused-ring (bicyclic) bond motifs is 1. The molecule has 2 fully saturated rings. The summed E-state index contributed by atoms with van der Waals surface area (Å²) in [5.74, 6) is 7.79. The third-order valence-electron chi connectivity index (χ3n) is 6.27. The molecule has 0 radical (unpaired) electrons. The monoisotopic (exact) mass is 402 g/mol. The Morgan fingerprint density at radius 2 is 1.83 bits per heavy atom. The molecule has 4 aromatic rings. The summed E-state index contributed by atoms with van der Waals surface area (Å²) in [5, 5.41) is 20.0. The van der Waals surface area contributed by atoms with Crippen LogP contribution >= 0.6 is 0 Å². The van der Waals surface area contributed by atoms with Gasteiger partial charge in [-0.3, -0.25) is 0 Å². The van der Waals surface area contributed by atoms with Gasteiger partial charge in [0.2, 0.25) is 5.89 Å². The molecule has 2 aromatic heterocycles. The van der Waals surface area contributed by atoms with Crippen LogP contribution in [0.15, 0.2) is 46.9 Å². The molecule has 0 atom stereocenters. The van der Waals surface area contributed by atoms with Crippen molar-refractivity contribution >= 4 is 10.9 Å². The number of phenols is 1. The van der Waals surface area contributed by atoms with Gasteiger partial charge in [-0.05, 0) is 74.1 Å². The molecular formula is C23H22N4O3. The molecular weight excluding hydrogens is 380 g/mol. The van der Waals surface area contributed by atoms with E-state index in [-0.39, 0.29) is 5.75 Å². The zero-order valence-electron chi connectivity index (χ0n) is 16.4. The normalized spacial score (nSPS) is 16.7. The standard InChI is InChI=1S/C23H22N4O3/c24-30-17-9-6-13(7-10-17)21-20(23-26-25-22(29-23)14-4-5-14)18-11-8-16(28)12-19(18)27(21)15-2-1-3-15/h6-12,14-15,28H,1-5,24H2. The second kappa shape index (κ2) is 6.60. The van der Waals surface area contributed by atoms with E-state index in [1.54, 1.807) is 6.07 Å². The number of hydrogen-bond acceptors (Lipinski definition) is 6. The summed E-state index contributed by atoms with van der Waals surface area (Å²) in [4.78, 5) is 4.86. The Kier molecular flexibility index (Phi) is 3.86. The summed E-state index contributed by atoms with van der Waals surface area (Å²) >= 11 is 0. The van der Waals surface area contributed by atoms with E-state index in [4.69, 9.17) is 15.2 Å². The first-order valence-electron chi connectivity index (χ1n) is 10.4. The minimum Gasteiger partial charge on any atom is -0.508 e. The van der Waals surface area contributed by atoms with E-state index in [0.29, 0.717) is 29.5 Å². The molecule has 7 nitrogen and oxygen atoms in total. The molecule has 6 rings (SSSR count). The molecule has 0 bridgehead atoms. The second-order valence-electron chi connectivity index (χ2n) is 8.24. The number of nitrogens with two attached hydrogens (primary N) is 1. The van der Waals surface area contributed by atoms with Gasteiger partial charge in [0.15, 0.2) is 0 Å². The highest BCUT2D eigenvalue weighted by molar-refractivity contribution is 6.03. The number of nitrogens with zero attached hydrogens (tertiary/aromatic N) is 3. The van der Waals surface area contributed by atoms with Crippen LogP contribution in [0.4, 0.5) is 0 Å². The van der Waals surface area contributed by atoms with Gasteiger partial charge in [0, 0.05) is 23.4 Å². The fraction of sp³-hybridized carbons (Fsp3) is 0.304. The first-order valence-corrected chi connectivity index (χ1v) is 10.4. The van der Waals surface area contributed by atoms with Gasteiger partial charge in [0.1, 0.15) is 11.5 Å². The van der Waals surface area contributed by atoms with Gasteiger partial charge < -0.3 is 18.9 Å². The fourth-order valence-electron chi connectivity index (χ4n) is 4.35. The van der Waals surface area contributed by atoms with Gasteiger partial charge in [0.25, 0.3) is 5.89 Å². The lowest BCUT2D eigenvalue weighted by Gasteiger charge is -2.30. The van der Waals surface area contributed by atoms with Crippen molar-refractivity contribution in [1.82, 2.24) is 14.8 Å². The predicted molar refractivity (Wildman–Crippen MR) is 112 cm³/mol. The zero-order valence-corrected chi connectivity index (χ0v) is 16.4. The Morgan fingerprint density at radius 3 is 2.50 bits per heavy atom. The highest BCUT2D eigenvalue weighted by Gasteiger charge is 2.33. The Bertz CT molecular complexity index is 1230. The Morgan fingerprint density at radius 1 is 1.03 bits per heavy atom. The summed E-state index contributed by atoms with van der Waals surface area (Å²) in [6.45, 7) is 0. The summed E-state index contributed by atoms with van der Waals surface area (Å²) < 4.78 is 8.47. The maximum atomic E-state index is 10.2. The number of phenolic OH excluding ortho intramolecular Hbond substituents is 1. The number of rotatable bonds is 5. The van der Waals surface area contributed by atoms with E-state index in [1.807, 2.05) is 36.4 Å². The number of aromatic hydroxyl groups is 1. The van der Waals surface area contributed by atoms with Crippen LogP contribution in [0.3, 0.4) is 0 Å². The molecule has 0 amide bonds. The summed E-state index contributed by atoms with van der Waals surface area (Å²) in [6.07, 6.45) is 5.61. The van der Waals surface area contributed by atoms with Crippen molar-refractivity contribution in [3.05, 3.63) is 48.4 Å². The van der Waals surface area contributed by atoms with Gasteiger partial charge in [-0.1, -0.05) is 0 Å². The molecule has 2 aliphatic carbocycles. The number of benzene rings is 2. The SMILES string of the molecule is NOc1ccc(-c2c(-c3nnc(C4CC4)o3)c3ccc(O)cc3n2C2CCC2)cc1. The summed E-state index contributed by atoms with van der Waals surface area (Å²) in [5.41, 5.74) is 3.93. The van der Waals surface area contributed by atoms with E-state index in [1.165, 1.54) is 6.42 Å². The molecule has 2 heterocycles. The third-order valence-corrected chi connectivity index (χ3v) is 6.27. The van der Waals surface area contributed by atoms with Crippen molar-refractivity contribution in [1.29, 1.82) is 0 Å². The molecule has 2 aromatic carbocycles. The van der Waals surface area contributed by atoms with Crippen molar-refractivity contribution < 1.29 is 14.4 Å². The van der Waals surface area contributed by atoms with Crippen molar-refractivity contribution in [2.75, 3.05) is 0 Å². The van der Waals surface area contributed by atoms with E-state index in [0.717, 1.165) is 53.4 Å². The van der Waals surface area contributed by atoms with E-state index in [9.17, 15) is 5.11 Å². The van der Waals surface area contributed by atoms with Crippen LogP contribution in [0.1, 0.15) is 50.0 Å². The third kappa shape index (κ3) is 2.69. The van der Waals surface area contributed by atoms with Crippen LogP contribution in [0, 0.1) is 0 Å². The molecule has 152 valence electrons. The van der Waals surface area contributed by atoms with Crippen molar-refractivity contribution in [2.45, 2.75) is 44.1 Å². The quantitative estimate of drug-likeness (QED) is 0.460. The first kappa shape index (κ1) is 17.5. The average Bonchev–Trinajstić information content (AvgIpc) is 3.38. The molecule has 2 aliphatic rings. The largest absolute Gasteiger partial charge is 0.508 e. The lowest BCUT2D eigenvalue weighted by molar-refractivity contribution is 0.324. The second-order valence-corrected chi connectivity index (χ2v) is 8.24. The molecule has 0 saturated heterocycles. The molecule has 0 aliphatic heterocycles. The van der Waals surface area contributed by atoms with Gasteiger partial charge in [0.05, 0.1) is 16.8 Å². The van der Waals surface area contributed by atoms with Crippen LogP contribution in [0.2, 0.25) is 0 Å². The van der Waals surface area contributed by atoms with Crippen molar-refractivity contribution in [3.8, 4) is 34.2 Å². The molecule has 2 saturated carbocycles. The van der Waals surface area contributed by atoms with Gasteiger partial charge >= 0.3 is 0 Å². The van der Waals surface area contributed by atoms with Gasteiger partial charge in [-0.25, -0.2) is 0 Å². The minimum atomic E-state index is 0.245. The maximum absolute atomic E-state index is 10.2. The van der Waals surface area contributed by atoms with Gasteiger partial charge in [-0.15, -0.1) is 10.2 Å². The Balaban J connectivity index is 1.65. The molecule has 0 spiro atoms. The highest BCUT2D eigenvalue weighted by Crippen LogP contribution is 2.48. The van der Waals surface area contributed by atoms with Gasteiger partial charge in [-0.2, -0.15) is 5.90 Å². The van der Waals surface area contributed by atoms with Crippen molar-refractivity contribution in [3.63, 3.8) is 0 Å². The molecule has 30 heavy (non-hydrogen) atoms. The fourth-order valence-corrected chi connectivity index (χ4v) is 4.35. The van der Waals surface area contributed by atoms with Crippen molar-refractivity contribution in [2.24, 2.45) is 5.90 Å². The summed E-state index contributed by atoms with van der Waals surface area (Å²) in [6, 6.07) is 13.5. The molecule has 0 unspecified atom stereocenters. The lowest BCUT2D eigenvalue weighted by Crippen LogP contribution is -2.17. The minimum absolute atomic E-state index is 0.245. The number of aromatic nitrogens is 3. The smallest absolute Gasteiger partial charge is 0.250 e. The first-order chi connectivity index (χ1) is 14.7. The highest BCUT2D eigenvalue weighted by atomic mass is 16.6. The summed E-state index contributed by atoms with van der Waals surface area (Å²) in [7, 11) is 0. The number of hydrogen-bond donors (Lipinski definition) is 2.